The molecule has 1 aromatic carbocycles. The molecule has 3 nitrogen and oxygen atoms in total. The smallest absolute Gasteiger partial charge is 0.139 e. The number of benzene rings is 1. The summed E-state index contributed by atoms with van der Waals surface area (Å²) in [5.74, 6) is 1.62. The van der Waals surface area contributed by atoms with Gasteiger partial charge < -0.3 is 15.2 Å². The van der Waals surface area contributed by atoms with Crippen molar-refractivity contribution in [2.75, 3.05) is 20.8 Å². The summed E-state index contributed by atoms with van der Waals surface area (Å²) in [5, 5.41) is 0. The Morgan fingerprint density at radius 2 is 2.00 bits per heavy atom. The zero-order chi connectivity index (χ0) is 11.3. The van der Waals surface area contributed by atoms with Gasteiger partial charge in [-0.05, 0) is 46.9 Å². The van der Waals surface area contributed by atoms with Crippen molar-refractivity contribution in [1.29, 1.82) is 0 Å². The van der Waals surface area contributed by atoms with Crippen molar-refractivity contribution in [3.05, 3.63) is 22.2 Å². The van der Waals surface area contributed by atoms with Crippen molar-refractivity contribution in [2.45, 2.75) is 12.8 Å². The number of methoxy groups -OCH3 is 2. The molecule has 1 aromatic rings. The maximum Gasteiger partial charge on any atom is 0.139 e. The van der Waals surface area contributed by atoms with E-state index < -0.39 is 0 Å². The Morgan fingerprint density at radius 1 is 1.27 bits per heavy atom. The quantitative estimate of drug-likeness (QED) is 0.896. The Balaban J connectivity index is 3.01. The molecule has 0 amide bonds. The molecule has 1 rings (SSSR count). The fourth-order valence-corrected chi connectivity index (χ4v) is 2.16. The average Bonchev–Trinajstić information content (AvgIpc) is 2.26. The van der Waals surface area contributed by atoms with E-state index in [1.807, 2.05) is 12.1 Å². The van der Waals surface area contributed by atoms with Crippen molar-refractivity contribution in [1.82, 2.24) is 0 Å². The highest BCUT2D eigenvalue weighted by molar-refractivity contribution is 9.10. The second kappa shape index (κ2) is 5.98. The van der Waals surface area contributed by atoms with Crippen LogP contribution in [0.1, 0.15) is 12.0 Å². The van der Waals surface area contributed by atoms with Crippen molar-refractivity contribution in [3.63, 3.8) is 0 Å². The minimum absolute atomic E-state index is 0.687. The van der Waals surface area contributed by atoms with Gasteiger partial charge in [-0.2, -0.15) is 0 Å². The first-order valence-electron chi connectivity index (χ1n) is 4.84. The SMILES string of the molecule is COc1ccc(CCCN)c(OC)c1Br. The van der Waals surface area contributed by atoms with Gasteiger partial charge in [0.05, 0.1) is 14.2 Å². The third kappa shape index (κ3) is 2.86. The predicted molar refractivity (Wildman–Crippen MR) is 64.6 cm³/mol. The molecule has 0 aromatic heterocycles. The minimum atomic E-state index is 0.687. The Labute approximate surface area is 98.7 Å². The van der Waals surface area contributed by atoms with Gasteiger partial charge in [-0.25, -0.2) is 0 Å². The Hall–Kier alpha value is -0.740. The second-order valence-corrected chi connectivity index (χ2v) is 3.96. The molecule has 0 saturated carbocycles. The van der Waals surface area contributed by atoms with Crippen LogP contribution in [0.25, 0.3) is 0 Å². The largest absolute Gasteiger partial charge is 0.495 e. The molecule has 0 bridgehead atoms. The molecule has 0 unspecified atom stereocenters. The molecule has 15 heavy (non-hydrogen) atoms. The molecule has 2 N–H and O–H groups in total. The molecule has 4 heteroatoms. The van der Waals surface area contributed by atoms with Gasteiger partial charge in [0.1, 0.15) is 16.0 Å². The van der Waals surface area contributed by atoms with Gasteiger partial charge >= 0.3 is 0 Å². The molecule has 0 aliphatic rings. The number of halogens is 1. The van der Waals surface area contributed by atoms with E-state index in [1.165, 1.54) is 0 Å². The molecule has 84 valence electrons. The van der Waals surface area contributed by atoms with Crippen LogP contribution in [0.15, 0.2) is 16.6 Å². The van der Waals surface area contributed by atoms with Crippen LogP contribution < -0.4 is 15.2 Å². The van der Waals surface area contributed by atoms with Crippen LogP contribution in [-0.2, 0) is 6.42 Å². The molecule has 0 fully saturated rings. The predicted octanol–water partition coefficient (Wildman–Crippen LogP) is 2.36. The summed E-state index contributed by atoms with van der Waals surface area (Å²) >= 11 is 3.46. The van der Waals surface area contributed by atoms with Crippen molar-refractivity contribution in [2.24, 2.45) is 5.73 Å². The van der Waals surface area contributed by atoms with E-state index in [0.29, 0.717) is 6.54 Å². The topological polar surface area (TPSA) is 44.5 Å². The zero-order valence-electron chi connectivity index (χ0n) is 9.05. The van der Waals surface area contributed by atoms with Gasteiger partial charge in [-0.15, -0.1) is 0 Å². The number of nitrogens with two attached hydrogens (primary N) is 1. The van der Waals surface area contributed by atoms with E-state index in [0.717, 1.165) is 34.4 Å². The van der Waals surface area contributed by atoms with E-state index in [2.05, 4.69) is 15.9 Å². The maximum atomic E-state index is 5.48. The fourth-order valence-electron chi connectivity index (χ4n) is 1.45. The van der Waals surface area contributed by atoms with Crippen LogP contribution in [0.4, 0.5) is 0 Å². The number of hydrogen-bond donors (Lipinski definition) is 1. The molecular weight excluding hydrogens is 258 g/mol. The van der Waals surface area contributed by atoms with E-state index in [-0.39, 0.29) is 0 Å². The summed E-state index contributed by atoms with van der Waals surface area (Å²) in [7, 11) is 3.30. The normalized spacial score (nSPS) is 10.1. The Morgan fingerprint density at radius 3 is 2.53 bits per heavy atom. The molecule has 0 aliphatic heterocycles. The summed E-state index contributed by atoms with van der Waals surface area (Å²) in [6, 6.07) is 3.94. The van der Waals surface area contributed by atoms with E-state index in [4.69, 9.17) is 15.2 Å². The van der Waals surface area contributed by atoms with Crippen molar-refractivity contribution < 1.29 is 9.47 Å². The van der Waals surface area contributed by atoms with E-state index >= 15 is 0 Å². The van der Waals surface area contributed by atoms with Gasteiger partial charge in [0.25, 0.3) is 0 Å². The first kappa shape index (κ1) is 12.3. The van der Waals surface area contributed by atoms with Crippen LogP contribution in [0.2, 0.25) is 0 Å². The second-order valence-electron chi connectivity index (χ2n) is 3.17. The van der Waals surface area contributed by atoms with E-state index in [1.54, 1.807) is 14.2 Å². The minimum Gasteiger partial charge on any atom is -0.495 e. The molecule has 0 heterocycles. The zero-order valence-corrected chi connectivity index (χ0v) is 10.6. The van der Waals surface area contributed by atoms with Crippen LogP contribution >= 0.6 is 15.9 Å². The Kier molecular flexibility index (Phi) is 4.91. The van der Waals surface area contributed by atoms with Gasteiger partial charge in [-0.1, -0.05) is 6.07 Å². The van der Waals surface area contributed by atoms with Crippen LogP contribution in [0.5, 0.6) is 11.5 Å². The lowest BCUT2D eigenvalue weighted by atomic mass is 10.1. The van der Waals surface area contributed by atoms with Crippen LogP contribution in [-0.4, -0.2) is 20.8 Å². The fraction of sp³-hybridized carbons (Fsp3) is 0.455. The molecular formula is C11H16BrNO2. The monoisotopic (exact) mass is 273 g/mol. The number of rotatable bonds is 5. The number of ether oxygens (including phenoxy) is 2. The third-order valence-electron chi connectivity index (χ3n) is 2.22. The van der Waals surface area contributed by atoms with Gasteiger partial charge in [0, 0.05) is 0 Å². The lowest BCUT2D eigenvalue weighted by Gasteiger charge is -2.12. The standard InChI is InChI=1S/C11H16BrNO2/c1-14-9-6-5-8(4-3-7-13)11(15-2)10(9)12/h5-6H,3-4,7,13H2,1-2H3. The lowest BCUT2D eigenvalue weighted by molar-refractivity contribution is 0.386. The summed E-state index contributed by atoms with van der Waals surface area (Å²) in [6.45, 7) is 0.687. The van der Waals surface area contributed by atoms with Gasteiger partial charge in [0.2, 0.25) is 0 Å². The van der Waals surface area contributed by atoms with Crippen LogP contribution in [0, 0.1) is 0 Å². The first-order valence-corrected chi connectivity index (χ1v) is 5.63. The van der Waals surface area contributed by atoms with E-state index in [9.17, 15) is 0 Å². The summed E-state index contributed by atoms with van der Waals surface area (Å²) in [6.07, 6.45) is 1.87. The third-order valence-corrected chi connectivity index (χ3v) is 2.97. The molecule has 0 aliphatic carbocycles. The van der Waals surface area contributed by atoms with Crippen molar-refractivity contribution >= 4 is 15.9 Å². The maximum absolute atomic E-state index is 5.48. The molecule has 0 radical (unpaired) electrons. The highest BCUT2D eigenvalue weighted by Crippen LogP contribution is 2.37. The van der Waals surface area contributed by atoms with Gasteiger partial charge in [-0.3, -0.25) is 0 Å². The van der Waals surface area contributed by atoms with Crippen LogP contribution in [0.3, 0.4) is 0 Å². The first-order chi connectivity index (χ1) is 7.24. The summed E-state index contributed by atoms with van der Waals surface area (Å²) < 4.78 is 11.4. The lowest BCUT2D eigenvalue weighted by Crippen LogP contribution is -2.02. The Bertz CT molecular complexity index is 329. The van der Waals surface area contributed by atoms with Crippen molar-refractivity contribution in [3.8, 4) is 11.5 Å². The average molecular weight is 274 g/mol. The summed E-state index contributed by atoms with van der Waals surface area (Å²) in [4.78, 5) is 0. The number of hydrogen-bond acceptors (Lipinski definition) is 3. The molecule has 0 saturated heterocycles. The van der Waals surface area contributed by atoms with Gasteiger partial charge in [0.15, 0.2) is 0 Å². The number of aryl methyl sites for hydroxylation is 1. The molecule has 0 spiro atoms. The molecule has 0 atom stereocenters. The highest BCUT2D eigenvalue weighted by atomic mass is 79.9. The summed E-state index contributed by atoms with van der Waals surface area (Å²) in [5.41, 5.74) is 6.63. The highest BCUT2D eigenvalue weighted by Gasteiger charge is 2.11.